The number of benzene rings is 1. The molecule has 0 amide bonds. The highest BCUT2D eigenvalue weighted by molar-refractivity contribution is 9.10. The van der Waals surface area contributed by atoms with Crippen molar-refractivity contribution >= 4 is 33.0 Å². The van der Waals surface area contributed by atoms with Gasteiger partial charge >= 0.3 is 0 Å². The lowest BCUT2D eigenvalue weighted by molar-refractivity contribution is 0.475. The van der Waals surface area contributed by atoms with Gasteiger partial charge in [0.15, 0.2) is 0 Å². The van der Waals surface area contributed by atoms with Crippen LogP contribution >= 0.6 is 27.3 Å². The van der Waals surface area contributed by atoms with Crippen molar-refractivity contribution in [3.8, 4) is 5.75 Å². The average Bonchev–Trinajstić information content (AvgIpc) is 2.68. The molecule has 0 aliphatic heterocycles. The summed E-state index contributed by atoms with van der Waals surface area (Å²) in [7, 11) is 0. The maximum absolute atomic E-state index is 9.19. The van der Waals surface area contributed by atoms with Crippen molar-refractivity contribution in [1.82, 2.24) is 0 Å². The molecule has 2 rings (SSSR count). The van der Waals surface area contributed by atoms with Crippen LogP contribution in [0.5, 0.6) is 5.75 Å². The molecular weight excluding hydrogens is 286 g/mol. The third kappa shape index (κ3) is 2.57. The largest absolute Gasteiger partial charge is 0.508 e. The summed E-state index contributed by atoms with van der Waals surface area (Å²) in [4.78, 5) is 1.27. The normalized spacial score (nSPS) is 12.4. The maximum atomic E-state index is 9.19. The van der Waals surface area contributed by atoms with Crippen molar-refractivity contribution < 1.29 is 5.11 Å². The number of nitrogens with one attached hydrogen (secondary N) is 1. The molecule has 1 aromatic carbocycles. The van der Waals surface area contributed by atoms with E-state index in [9.17, 15) is 5.11 Å². The van der Waals surface area contributed by atoms with E-state index in [2.05, 4.69) is 39.6 Å². The Morgan fingerprint density at radius 3 is 2.50 bits per heavy atom. The molecule has 2 aromatic rings. The molecule has 2 N–H and O–H groups in total. The van der Waals surface area contributed by atoms with Crippen LogP contribution in [0.15, 0.2) is 40.2 Å². The monoisotopic (exact) mass is 297 g/mol. The summed E-state index contributed by atoms with van der Waals surface area (Å²) in [6, 6.07) is 9.39. The number of phenolic OH excluding ortho intramolecular Hbond substituents is 1. The topological polar surface area (TPSA) is 32.3 Å². The van der Waals surface area contributed by atoms with Crippen LogP contribution < -0.4 is 5.32 Å². The molecular formula is C12H12BrNOS. The van der Waals surface area contributed by atoms with Crippen LogP contribution in [0.1, 0.15) is 17.8 Å². The molecule has 0 aliphatic carbocycles. The van der Waals surface area contributed by atoms with Gasteiger partial charge in [0.25, 0.3) is 0 Å². The highest BCUT2D eigenvalue weighted by Gasteiger charge is 2.10. The predicted molar refractivity (Wildman–Crippen MR) is 72.2 cm³/mol. The first-order valence-corrected chi connectivity index (χ1v) is 6.62. The Morgan fingerprint density at radius 2 is 1.94 bits per heavy atom. The van der Waals surface area contributed by atoms with Crippen LogP contribution in [0.2, 0.25) is 0 Å². The summed E-state index contributed by atoms with van der Waals surface area (Å²) >= 11 is 5.24. The number of hydrogen-bond acceptors (Lipinski definition) is 3. The summed E-state index contributed by atoms with van der Waals surface area (Å²) in [6.07, 6.45) is 0. The van der Waals surface area contributed by atoms with Crippen LogP contribution in [0.3, 0.4) is 0 Å². The van der Waals surface area contributed by atoms with Crippen LogP contribution in [0.4, 0.5) is 5.69 Å². The zero-order chi connectivity index (χ0) is 11.5. The van der Waals surface area contributed by atoms with Crippen LogP contribution in [0.25, 0.3) is 0 Å². The van der Waals surface area contributed by atoms with E-state index >= 15 is 0 Å². The summed E-state index contributed by atoms with van der Waals surface area (Å²) < 4.78 is 1.14. The molecule has 84 valence electrons. The first kappa shape index (κ1) is 11.5. The Balaban J connectivity index is 2.10. The van der Waals surface area contributed by atoms with E-state index in [1.54, 1.807) is 23.5 Å². The Labute approximate surface area is 107 Å². The van der Waals surface area contributed by atoms with Gasteiger partial charge in [-0.1, -0.05) is 0 Å². The number of hydrogen-bond donors (Lipinski definition) is 2. The van der Waals surface area contributed by atoms with Gasteiger partial charge in [-0.25, -0.2) is 0 Å². The third-order valence-corrected chi connectivity index (χ3v) is 4.34. The van der Waals surface area contributed by atoms with E-state index in [-0.39, 0.29) is 11.8 Å². The molecule has 0 bridgehead atoms. The smallest absolute Gasteiger partial charge is 0.115 e. The minimum absolute atomic E-state index is 0.249. The standard InChI is InChI=1S/C12H12BrNOS/c1-8(12-11(13)6-7-16-12)14-9-2-4-10(15)5-3-9/h2-8,14-15H,1H3. The molecule has 0 aliphatic rings. The molecule has 0 spiro atoms. The van der Waals surface area contributed by atoms with Gasteiger partial charge in [0, 0.05) is 15.0 Å². The van der Waals surface area contributed by atoms with Crippen molar-refractivity contribution in [3.05, 3.63) is 45.1 Å². The Bertz CT molecular complexity index is 466. The van der Waals surface area contributed by atoms with E-state index in [1.807, 2.05) is 12.1 Å². The van der Waals surface area contributed by atoms with E-state index in [4.69, 9.17) is 0 Å². The second-order valence-corrected chi connectivity index (χ2v) is 5.35. The number of thiophene rings is 1. The lowest BCUT2D eigenvalue weighted by Crippen LogP contribution is -2.04. The fourth-order valence-corrected chi connectivity index (χ4v) is 3.21. The highest BCUT2D eigenvalue weighted by Crippen LogP contribution is 2.31. The molecule has 0 radical (unpaired) electrons. The zero-order valence-corrected chi connectivity index (χ0v) is 11.2. The second kappa shape index (κ2) is 4.89. The van der Waals surface area contributed by atoms with Crippen molar-refractivity contribution in [2.75, 3.05) is 5.32 Å². The fourth-order valence-electron chi connectivity index (χ4n) is 1.49. The maximum Gasteiger partial charge on any atom is 0.115 e. The van der Waals surface area contributed by atoms with Gasteiger partial charge in [-0.05, 0) is 58.6 Å². The summed E-state index contributed by atoms with van der Waals surface area (Å²) in [6.45, 7) is 2.11. The summed E-state index contributed by atoms with van der Waals surface area (Å²) in [5.74, 6) is 0.288. The number of halogens is 1. The molecule has 1 aromatic heterocycles. The average molecular weight is 298 g/mol. The minimum Gasteiger partial charge on any atom is -0.508 e. The first-order chi connectivity index (χ1) is 7.66. The van der Waals surface area contributed by atoms with Gasteiger partial charge in [-0.3, -0.25) is 0 Å². The van der Waals surface area contributed by atoms with Gasteiger partial charge in [0.05, 0.1) is 6.04 Å². The fraction of sp³-hybridized carbons (Fsp3) is 0.167. The number of aromatic hydroxyl groups is 1. The van der Waals surface area contributed by atoms with Crippen LogP contribution in [-0.2, 0) is 0 Å². The Morgan fingerprint density at radius 1 is 1.25 bits per heavy atom. The number of rotatable bonds is 3. The van der Waals surface area contributed by atoms with E-state index in [0.717, 1.165) is 10.2 Å². The van der Waals surface area contributed by atoms with Gasteiger partial charge in [-0.2, -0.15) is 0 Å². The molecule has 4 heteroatoms. The van der Waals surface area contributed by atoms with Crippen molar-refractivity contribution in [3.63, 3.8) is 0 Å². The van der Waals surface area contributed by atoms with Crippen molar-refractivity contribution in [2.24, 2.45) is 0 Å². The summed E-state index contributed by atoms with van der Waals surface area (Å²) in [5.41, 5.74) is 1.01. The van der Waals surface area contributed by atoms with E-state index in [1.165, 1.54) is 4.88 Å². The SMILES string of the molecule is CC(Nc1ccc(O)cc1)c1sccc1Br. The van der Waals surface area contributed by atoms with Crippen LogP contribution in [-0.4, -0.2) is 5.11 Å². The quantitative estimate of drug-likeness (QED) is 0.824. The zero-order valence-electron chi connectivity index (χ0n) is 8.77. The first-order valence-electron chi connectivity index (χ1n) is 4.95. The van der Waals surface area contributed by atoms with Gasteiger partial charge in [0.2, 0.25) is 0 Å². The van der Waals surface area contributed by atoms with Gasteiger partial charge < -0.3 is 10.4 Å². The molecule has 2 nitrogen and oxygen atoms in total. The highest BCUT2D eigenvalue weighted by atomic mass is 79.9. The van der Waals surface area contributed by atoms with E-state index < -0.39 is 0 Å². The summed E-state index contributed by atoms with van der Waals surface area (Å²) in [5, 5.41) is 14.6. The lowest BCUT2D eigenvalue weighted by atomic mass is 10.2. The second-order valence-electron chi connectivity index (χ2n) is 3.55. The number of anilines is 1. The Hall–Kier alpha value is -1.00. The minimum atomic E-state index is 0.249. The molecule has 16 heavy (non-hydrogen) atoms. The lowest BCUT2D eigenvalue weighted by Gasteiger charge is -2.14. The van der Waals surface area contributed by atoms with Gasteiger partial charge in [0.1, 0.15) is 5.75 Å². The number of phenols is 1. The van der Waals surface area contributed by atoms with Crippen LogP contribution in [0, 0.1) is 0 Å². The van der Waals surface area contributed by atoms with E-state index in [0.29, 0.717) is 0 Å². The van der Waals surface area contributed by atoms with Gasteiger partial charge in [-0.15, -0.1) is 11.3 Å². The third-order valence-electron chi connectivity index (χ3n) is 2.29. The van der Waals surface area contributed by atoms with Crippen molar-refractivity contribution in [1.29, 1.82) is 0 Å². The molecule has 1 unspecified atom stereocenters. The van der Waals surface area contributed by atoms with Crippen molar-refractivity contribution in [2.45, 2.75) is 13.0 Å². The molecule has 0 fully saturated rings. The molecule has 1 heterocycles. The molecule has 1 atom stereocenters. The Kier molecular flexibility index (Phi) is 3.51. The molecule has 0 saturated heterocycles. The molecule has 0 saturated carbocycles. The predicted octanol–water partition coefficient (Wildman–Crippen LogP) is 4.39.